The van der Waals surface area contributed by atoms with Crippen molar-refractivity contribution >= 4 is 11.8 Å². The van der Waals surface area contributed by atoms with Gasteiger partial charge in [0.1, 0.15) is 5.54 Å². The van der Waals surface area contributed by atoms with Crippen LogP contribution in [0.5, 0.6) is 0 Å². The molecule has 0 saturated carbocycles. The summed E-state index contributed by atoms with van der Waals surface area (Å²) in [6.45, 7) is 0. The summed E-state index contributed by atoms with van der Waals surface area (Å²) in [6.07, 6.45) is 3.47. The molecule has 5 rings (SSSR count). The first-order chi connectivity index (χ1) is 17.2. The van der Waals surface area contributed by atoms with Crippen molar-refractivity contribution in [2.24, 2.45) is 0 Å². The summed E-state index contributed by atoms with van der Waals surface area (Å²) in [6, 6.07) is 39.0. The number of imidazole rings is 1. The molecule has 0 unspecified atom stereocenters. The van der Waals surface area contributed by atoms with E-state index >= 15 is 0 Å². The summed E-state index contributed by atoms with van der Waals surface area (Å²) in [4.78, 5) is 16.3. The van der Waals surface area contributed by atoms with E-state index in [1.807, 2.05) is 48.8 Å². The average molecular weight is 460 g/mol. The third kappa shape index (κ3) is 4.20. The average Bonchev–Trinajstić information content (AvgIpc) is 3.42. The Kier molecular flexibility index (Phi) is 6.14. The van der Waals surface area contributed by atoms with Crippen LogP contribution in [0.3, 0.4) is 0 Å². The molecule has 1 amide bonds. The zero-order chi connectivity index (χ0) is 24.1. The van der Waals surface area contributed by atoms with Gasteiger partial charge in [0.2, 0.25) is 0 Å². The molecule has 1 N–H and O–H groups in total. The minimum absolute atomic E-state index is 0.500. The van der Waals surface area contributed by atoms with E-state index in [0.29, 0.717) is 5.69 Å². The number of carbonyl (C=O) groups is 1. The molecule has 0 fully saturated rings. The van der Waals surface area contributed by atoms with Crippen LogP contribution in [-0.2, 0) is 10.3 Å². The van der Waals surface area contributed by atoms with E-state index < -0.39 is 11.6 Å². The summed E-state index contributed by atoms with van der Waals surface area (Å²) in [5.41, 5.74) is 5.25. The fraction of sp³-hybridized carbons (Fsp3) is 0.0667. The number of carbonyl (C=O) groups excluding carboxylic acids is 1. The number of amides is 1. The van der Waals surface area contributed by atoms with Crippen molar-refractivity contribution in [2.45, 2.75) is 5.54 Å². The van der Waals surface area contributed by atoms with Crippen molar-refractivity contribution in [2.75, 3.05) is 12.4 Å². The van der Waals surface area contributed by atoms with E-state index in [2.05, 4.69) is 93.6 Å². The van der Waals surface area contributed by atoms with Gasteiger partial charge >= 0.3 is 6.09 Å². The molecule has 0 radical (unpaired) electrons. The zero-order valence-corrected chi connectivity index (χ0v) is 19.3. The third-order valence-corrected chi connectivity index (χ3v) is 6.16. The lowest BCUT2D eigenvalue weighted by molar-refractivity contribution is 0.187. The number of rotatable bonds is 6. The summed E-state index contributed by atoms with van der Waals surface area (Å²) in [5, 5.41) is 2.68. The largest absolute Gasteiger partial charge is 0.453 e. The number of benzene rings is 4. The Morgan fingerprint density at radius 3 is 1.69 bits per heavy atom. The number of nitrogens with one attached hydrogen (secondary N) is 1. The van der Waals surface area contributed by atoms with Crippen LogP contribution in [0.15, 0.2) is 128 Å². The standard InChI is InChI=1S/C30H25N3O2/c1-35-29(34)32-27-19-17-23(18-20-27)28-21-33(22-31-28)30(24-11-5-2-6-12-24,25-13-7-3-8-14-25)26-15-9-4-10-16-26/h2-22H,1H3,(H,32,34). The Bertz CT molecular complexity index is 1300. The molecule has 0 aliphatic rings. The number of methoxy groups -OCH3 is 1. The van der Waals surface area contributed by atoms with Crippen molar-refractivity contribution in [1.29, 1.82) is 0 Å². The normalized spacial score (nSPS) is 11.1. The maximum atomic E-state index is 11.5. The van der Waals surface area contributed by atoms with Crippen LogP contribution in [0.25, 0.3) is 11.3 Å². The predicted molar refractivity (Wildman–Crippen MR) is 138 cm³/mol. The highest BCUT2D eigenvalue weighted by Crippen LogP contribution is 2.41. The van der Waals surface area contributed by atoms with Gasteiger partial charge in [-0.2, -0.15) is 0 Å². The van der Waals surface area contributed by atoms with Crippen LogP contribution in [0.1, 0.15) is 16.7 Å². The first-order valence-electron chi connectivity index (χ1n) is 11.4. The van der Waals surface area contributed by atoms with Crippen molar-refractivity contribution < 1.29 is 9.53 Å². The second-order valence-electron chi connectivity index (χ2n) is 8.17. The molecule has 1 heterocycles. The molecule has 5 nitrogen and oxygen atoms in total. The van der Waals surface area contributed by atoms with Gasteiger partial charge in [0.05, 0.1) is 19.1 Å². The highest BCUT2D eigenvalue weighted by molar-refractivity contribution is 5.84. The molecule has 0 bridgehead atoms. The van der Waals surface area contributed by atoms with Gasteiger partial charge in [-0.15, -0.1) is 0 Å². The fourth-order valence-electron chi connectivity index (χ4n) is 4.53. The lowest BCUT2D eigenvalue weighted by Crippen LogP contribution is -2.36. The SMILES string of the molecule is COC(=O)Nc1ccc(-c2cn(C(c3ccccc3)(c3ccccc3)c3ccccc3)cn2)cc1. The van der Waals surface area contributed by atoms with E-state index in [-0.39, 0.29) is 0 Å². The molecule has 5 heteroatoms. The maximum Gasteiger partial charge on any atom is 0.411 e. The van der Waals surface area contributed by atoms with E-state index in [9.17, 15) is 4.79 Å². The number of ether oxygens (including phenoxy) is 1. The monoisotopic (exact) mass is 459 g/mol. The van der Waals surface area contributed by atoms with Gasteiger partial charge in [-0.3, -0.25) is 5.32 Å². The van der Waals surface area contributed by atoms with Crippen LogP contribution in [0.2, 0.25) is 0 Å². The quantitative estimate of drug-likeness (QED) is 0.292. The Morgan fingerprint density at radius 1 is 0.743 bits per heavy atom. The molecular formula is C30H25N3O2. The van der Waals surface area contributed by atoms with Gasteiger partial charge in [-0.1, -0.05) is 103 Å². The first-order valence-corrected chi connectivity index (χ1v) is 11.4. The summed E-state index contributed by atoms with van der Waals surface area (Å²) in [5.74, 6) is 0. The lowest BCUT2D eigenvalue weighted by atomic mass is 9.77. The van der Waals surface area contributed by atoms with Crippen LogP contribution < -0.4 is 5.32 Å². The predicted octanol–water partition coefficient (Wildman–Crippen LogP) is 6.57. The van der Waals surface area contributed by atoms with E-state index in [1.54, 1.807) is 0 Å². The van der Waals surface area contributed by atoms with Crippen LogP contribution >= 0.6 is 0 Å². The van der Waals surface area contributed by atoms with Crippen LogP contribution in [0, 0.1) is 0 Å². The second-order valence-corrected chi connectivity index (χ2v) is 8.17. The van der Waals surface area contributed by atoms with Gasteiger partial charge in [0.15, 0.2) is 0 Å². The highest BCUT2D eigenvalue weighted by Gasteiger charge is 2.38. The van der Waals surface area contributed by atoms with E-state index in [4.69, 9.17) is 4.98 Å². The number of anilines is 1. The van der Waals surface area contributed by atoms with Gasteiger partial charge in [-0.05, 0) is 28.8 Å². The topological polar surface area (TPSA) is 56.1 Å². The van der Waals surface area contributed by atoms with Gasteiger partial charge < -0.3 is 9.30 Å². The van der Waals surface area contributed by atoms with Gasteiger partial charge in [0, 0.05) is 17.4 Å². The van der Waals surface area contributed by atoms with Gasteiger partial charge in [0.25, 0.3) is 0 Å². The zero-order valence-electron chi connectivity index (χ0n) is 19.3. The van der Waals surface area contributed by atoms with Crippen molar-refractivity contribution in [3.05, 3.63) is 144 Å². The summed E-state index contributed by atoms with van der Waals surface area (Å²) < 4.78 is 6.85. The fourth-order valence-corrected chi connectivity index (χ4v) is 4.53. The van der Waals surface area contributed by atoms with Crippen LogP contribution in [-0.4, -0.2) is 22.8 Å². The number of hydrogen-bond acceptors (Lipinski definition) is 3. The Labute approximate surface area is 204 Å². The molecular weight excluding hydrogens is 434 g/mol. The first kappa shape index (κ1) is 22.2. The number of nitrogens with zero attached hydrogens (tertiary/aromatic N) is 2. The molecule has 5 aromatic rings. The van der Waals surface area contributed by atoms with Gasteiger partial charge in [-0.25, -0.2) is 9.78 Å². The molecule has 0 aliphatic heterocycles. The number of aromatic nitrogens is 2. The number of hydrogen-bond donors (Lipinski definition) is 1. The highest BCUT2D eigenvalue weighted by atomic mass is 16.5. The van der Waals surface area contributed by atoms with Crippen molar-refractivity contribution in [3.63, 3.8) is 0 Å². The van der Waals surface area contributed by atoms with E-state index in [1.165, 1.54) is 7.11 Å². The molecule has 0 aliphatic carbocycles. The molecule has 4 aromatic carbocycles. The van der Waals surface area contributed by atoms with Crippen molar-refractivity contribution in [1.82, 2.24) is 9.55 Å². The maximum absolute atomic E-state index is 11.5. The third-order valence-electron chi connectivity index (χ3n) is 6.16. The molecule has 0 atom stereocenters. The molecule has 1 aromatic heterocycles. The van der Waals surface area contributed by atoms with Crippen molar-refractivity contribution in [3.8, 4) is 11.3 Å². The minimum Gasteiger partial charge on any atom is -0.453 e. The summed E-state index contributed by atoms with van der Waals surface area (Å²) >= 11 is 0. The van der Waals surface area contributed by atoms with Crippen LogP contribution in [0.4, 0.5) is 10.5 Å². The Morgan fingerprint density at radius 2 is 1.23 bits per heavy atom. The lowest BCUT2D eigenvalue weighted by Gasteiger charge is -2.37. The Balaban J connectivity index is 1.66. The minimum atomic E-state index is -0.610. The van der Waals surface area contributed by atoms with E-state index in [0.717, 1.165) is 27.9 Å². The second kappa shape index (κ2) is 9.69. The molecule has 35 heavy (non-hydrogen) atoms. The Hall–Kier alpha value is -4.64. The molecule has 172 valence electrons. The molecule has 0 spiro atoms. The smallest absolute Gasteiger partial charge is 0.411 e. The summed E-state index contributed by atoms with van der Waals surface area (Å²) in [7, 11) is 1.34. The molecule has 0 saturated heterocycles.